The Morgan fingerprint density at radius 3 is 2.44 bits per heavy atom. The summed E-state index contributed by atoms with van der Waals surface area (Å²) in [5.74, 6) is 0.135. The van der Waals surface area contributed by atoms with Gasteiger partial charge in [-0.1, -0.05) is 30.3 Å². The van der Waals surface area contributed by atoms with E-state index in [1.165, 1.54) is 15.0 Å². The predicted octanol–water partition coefficient (Wildman–Crippen LogP) is 6.51. The number of carbonyl (C=O) groups is 2. The van der Waals surface area contributed by atoms with Crippen molar-refractivity contribution in [1.82, 2.24) is 34.1 Å². The van der Waals surface area contributed by atoms with Crippen LogP contribution in [0.25, 0.3) is 16.6 Å². The number of ether oxygens (including phenoxy) is 2. The number of rotatable bonds is 9. The average Bonchev–Trinajstić information content (AvgIpc) is 3.58. The molecule has 1 N–H and O–H groups in total. The molecule has 0 bridgehead atoms. The molecular formula is C47H49FN8O7. The maximum atomic E-state index is 15.3. The summed E-state index contributed by atoms with van der Waals surface area (Å²) in [7, 11) is 1.59. The van der Waals surface area contributed by atoms with Crippen LogP contribution in [0.3, 0.4) is 0 Å². The Hall–Kier alpha value is -6.55. The molecule has 3 aliphatic heterocycles. The number of nitrogens with zero attached hydrogens (tertiary/aromatic N) is 7. The summed E-state index contributed by atoms with van der Waals surface area (Å²) < 4.78 is 34.5. The second kappa shape index (κ2) is 15.4. The summed E-state index contributed by atoms with van der Waals surface area (Å²) in [6.45, 7) is 9.70. The van der Waals surface area contributed by atoms with Crippen LogP contribution in [0.4, 0.5) is 15.1 Å². The van der Waals surface area contributed by atoms with Gasteiger partial charge in [0.05, 0.1) is 24.5 Å². The number of carbonyl (C=O) groups excluding carboxylic acids is 2. The molecule has 0 unspecified atom stereocenters. The van der Waals surface area contributed by atoms with Crippen LogP contribution < -0.4 is 21.0 Å². The van der Waals surface area contributed by atoms with E-state index < -0.39 is 17.3 Å². The summed E-state index contributed by atoms with van der Waals surface area (Å²) in [5.41, 5.74) is 3.97. The van der Waals surface area contributed by atoms with Crippen molar-refractivity contribution < 1.29 is 28.0 Å². The minimum absolute atomic E-state index is 0.0120. The first kappa shape index (κ1) is 40.5. The highest BCUT2D eigenvalue weighted by Crippen LogP contribution is 2.56. The fourth-order valence-corrected chi connectivity index (χ4v) is 10.2. The molecular weight excluding hydrogens is 808 g/mol. The number of halogens is 1. The number of fused-ring (bicyclic) bond motifs is 2. The lowest BCUT2D eigenvalue weighted by Crippen LogP contribution is -2.45. The van der Waals surface area contributed by atoms with Gasteiger partial charge in [0.25, 0.3) is 11.5 Å². The third-order valence-electron chi connectivity index (χ3n) is 13.7. The third kappa shape index (κ3) is 6.64. The highest BCUT2D eigenvalue weighted by Gasteiger charge is 2.59. The van der Waals surface area contributed by atoms with Crippen molar-refractivity contribution in [3.8, 4) is 11.4 Å². The van der Waals surface area contributed by atoms with Crippen LogP contribution >= 0.6 is 0 Å². The number of nitrogens with one attached hydrogen (secondary N) is 1. The second-order valence-corrected chi connectivity index (χ2v) is 17.5. The topological polar surface area (TPSA) is 161 Å². The van der Waals surface area contributed by atoms with Gasteiger partial charge in [-0.3, -0.25) is 24.0 Å². The van der Waals surface area contributed by atoms with E-state index >= 15 is 9.18 Å². The Bertz CT molecular complexity index is 2920. The van der Waals surface area contributed by atoms with E-state index in [4.69, 9.17) is 19.0 Å². The first-order valence-electron chi connectivity index (χ1n) is 21.6. The maximum absolute atomic E-state index is 15.3. The van der Waals surface area contributed by atoms with E-state index in [-0.39, 0.29) is 54.7 Å². The van der Waals surface area contributed by atoms with E-state index in [9.17, 15) is 14.4 Å². The maximum Gasteiger partial charge on any atom is 0.438 e. The van der Waals surface area contributed by atoms with E-state index in [2.05, 4.69) is 35.3 Å². The van der Waals surface area contributed by atoms with Crippen molar-refractivity contribution in [2.24, 2.45) is 5.92 Å². The van der Waals surface area contributed by atoms with Crippen molar-refractivity contribution in [1.29, 1.82) is 0 Å². The summed E-state index contributed by atoms with van der Waals surface area (Å²) in [6.07, 6.45) is 2.62. The van der Waals surface area contributed by atoms with Gasteiger partial charge in [-0.05, 0) is 123 Å². The summed E-state index contributed by atoms with van der Waals surface area (Å²) in [4.78, 5) is 69.7. The van der Waals surface area contributed by atoms with Gasteiger partial charge in [0, 0.05) is 55.9 Å². The Morgan fingerprint density at radius 1 is 0.984 bits per heavy atom. The predicted molar refractivity (Wildman–Crippen MR) is 231 cm³/mol. The van der Waals surface area contributed by atoms with Crippen molar-refractivity contribution in [2.75, 3.05) is 44.9 Å². The highest BCUT2D eigenvalue weighted by atomic mass is 19.1. The molecule has 0 spiro atoms. The number of aromatic amines is 1. The molecule has 10 rings (SSSR count). The number of aromatic nitrogens is 5. The lowest BCUT2D eigenvalue weighted by Gasteiger charge is -2.36. The second-order valence-electron chi connectivity index (χ2n) is 17.5. The molecule has 3 aromatic heterocycles. The van der Waals surface area contributed by atoms with Gasteiger partial charge in [0.2, 0.25) is 5.95 Å². The van der Waals surface area contributed by atoms with Crippen LogP contribution in [0.15, 0.2) is 74.8 Å². The number of amides is 3. The summed E-state index contributed by atoms with van der Waals surface area (Å²) >= 11 is 0. The zero-order chi connectivity index (χ0) is 43.9. The largest absolute Gasteiger partial charge is 0.497 e. The number of benzene rings is 3. The highest BCUT2D eigenvalue weighted by molar-refractivity contribution is 6.00. The molecule has 6 aromatic rings. The Labute approximate surface area is 362 Å². The number of urea groups is 1. The molecule has 3 aromatic carbocycles. The monoisotopic (exact) mass is 856 g/mol. The molecule has 3 fully saturated rings. The van der Waals surface area contributed by atoms with Crippen LogP contribution in [0, 0.1) is 25.6 Å². The molecule has 1 aliphatic carbocycles. The molecule has 15 nitrogen and oxygen atoms in total. The first-order chi connectivity index (χ1) is 30.4. The van der Waals surface area contributed by atoms with Gasteiger partial charge >= 0.3 is 11.8 Å². The minimum Gasteiger partial charge on any atom is -0.497 e. The van der Waals surface area contributed by atoms with Crippen LogP contribution in [0.1, 0.15) is 94.9 Å². The Morgan fingerprint density at radius 2 is 1.75 bits per heavy atom. The molecule has 16 heteroatoms. The normalized spacial score (nSPS) is 21.4. The van der Waals surface area contributed by atoms with E-state index in [1.54, 1.807) is 42.9 Å². The molecule has 326 valence electrons. The smallest absolute Gasteiger partial charge is 0.438 e. The molecule has 3 amide bonds. The van der Waals surface area contributed by atoms with Crippen LogP contribution in [0.2, 0.25) is 0 Å². The zero-order valence-electron chi connectivity index (χ0n) is 35.9. The van der Waals surface area contributed by atoms with Crippen LogP contribution in [0.5, 0.6) is 5.75 Å². The van der Waals surface area contributed by atoms with Gasteiger partial charge in [-0.25, -0.2) is 23.5 Å². The van der Waals surface area contributed by atoms with E-state index in [0.29, 0.717) is 84.0 Å². The van der Waals surface area contributed by atoms with Gasteiger partial charge in [-0.15, -0.1) is 0 Å². The van der Waals surface area contributed by atoms with Crippen LogP contribution in [-0.2, 0) is 23.2 Å². The molecule has 3 atom stereocenters. The molecule has 63 heavy (non-hydrogen) atoms. The van der Waals surface area contributed by atoms with Gasteiger partial charge in [0.15, 0.2) is 5.82 Å². The fraction of sp³-hybridized carbons (Fsp3) is 0.404. The number of methoxy groups -OCH3 is 1. The SMILES string of the molecule is COc1cccc(CN2CCN(c3nc4c(c(=O)n3-c3cc(C)c(F)c(C)c3)CCN(C(=O)c3cc5cc(C6CCOCC6)ccc5n3[C@]3(c5noc(=O)[nH]5)C[C@H]3C)[C@H]4C)C2=O)c1. The standard InChI is InChI=1S/C47H49FN8O7/c1-26-19-34(20-27(2)39(26)48)55-41(57)36-11-14-53(29(4)40(36)49-44(55)54-16-15-52(46(54)60)25-30-7-6-8-35(21-30)61-5)42(58)38-23-33-22-32(31-12-17-62-18-13-31)9-10-37(33)56(38)47(24-28(47)3)43-50-45(59)63-51-43/h6-10,19-23,28-29,31H,11-18,24-25H2,1-5H3,(H,50,51,59)/t28-,29+,47-/m1/s1. The number of hydrogen-bond donors (Lipinski definition) is 1. The summed E-state index contributed by atoms with van der Waals surface area (Å²) in [6, 6.07) is 17.9. The van der Waals surface area contributed by atoms with E-state index in [1.807, 2.05) is 41.8 Å². The number of hydrogen-bond acceptors (Lipinski definition) is 9. The molecule has 0 radical (unpaired) electrons. The number of H-pyrrole nitrogens is 1. The fourth-order valence-electron chi connectivity index (χ4n) is 10.2. The van der Waals surface area contributed by atoms with Crippen molar-refractivity contribution in [2.45, 2.75) is 77.4 Å². The lowest BCUT2D eigenvalue weighted by molar-refractivity contribution is 0.0658. The molecule has 6 heterocycles. The zero-order valence-corrected chi connectivity index (χ0v) is 35.9. The van der Waals surface area contributed by atoms with Crippen LogP contribution in [-0.4, -0.2) is 86.0 Å². The Balaban J connectivity index is 1.07. The first-order valence-corrected chi connectivity index (χ1v) is 21.6. The van der Waals surface area contributed by atoms with Gasteiger partial charge < -0.3 is 23.8 Å². The van der Waals surface area contributed by atoms with Gasteiger partial charge in [0.1, 0.15) is 22.8 Å². The van der Waals surface area contributed by atoms with Crippen molar-refractivity contribution in [3.05, 3.63) is 132 Å². The minimum atomic E-state index is -0.840. The summed E-state index contributed by atoms with van der Waals surface area (Å²) in [5, 5.41) is 5.03. The van der Waals surface area contributed by atoms with Crippen molar-refractivity contribution >= 4 is 28.8 Å². The quantitative estimate of drug-likeness (QED) is 0.171. The van der Waals surface area contributed by atoms with Gasteiger partial charge in [-0.2, -0.15) is 0 Å². The van der Waals surface area contributed by atoms with E-state index in [0.717, 1.165) is 29.3 Å². The molecule has 2 saturated heterocycles. The molecule has 1 saturated carbocycles. The average molecular weight is 857 g/mol. The van der Waals surface area contributed by atoms with Crippen molar-refractivity contribution in [3.63, 3.8) is 0 Å². The number of anilines is 1. The third-order valence-corrected chi connectivity index (χ3v) is 13.7. The lowest BCUT2D eigenvalue weighted by atomic mass is 9.91. The number of aryl methyl sites for hydroxylation is 2. The Kier molecular flexibility index (Phi) is 9.88. The molecule has 4 aliphatic rings.